The number of aromatic nitrogens is 6. The quantitative estimate of drug-likeness (QED) is 0.611. The lowest BCUT2D eigenvalue weighted by atomic mass is 10.3. The number of nitrogens with zero attached hydrogens (tertiary/aromatic N) is 6. The van der Waals surface area contributed by atoms with Crippen LogP contribution in [0.25, 0.3) is 17.2 Å². The van der Waals surface area contributed by atoms with Gasteiger partial charge in [0, 0.05) is 24.8 Å². The average Bonchev–Trinajstić information content (AvgIpc) is 3.20. The Morgan fingerprint density at radius 1 is 0.923 bits per heavy atom. The van der Waals surface area contributed by atoms with Crippen molar-refractivity contribution in [3.8, 4) is 17.2 Å². The van der Waals surface area contributed by atoms with E-state index in [0.29, 0.717) is 23.0 Å². The van der Waals surface area contributed by atoms with Crippen molar-refractivity contribution >= 4 is 11.7 Å². The van der Waals surface area contributed by atoms with Gasteiger partial charge in [-0.15, -0.1) is 0 Å². The van der Waals surface area contributed by atoms with E-state index in [4.69, 9.17) is 0 Å². The zero-order valence-electron chi connectivity index (χ0n) is 13.5. The van der Waals surface area contributed by atoms with Crippen molar-refractivity contribution in [3.05, 3.63) is 79.4 Å². The normalized spacial score (nSPS) is 10.5. The van der Waals surface area contributed by atoms with Gasteiger partial charge in [0.05, 0.1) is 18.2 Å². The Balaban J connectivity index is 1.60. The predicted molar refractivity (Wildman–Crippen MR) is 94.6 cm³/mol. The first-order valence-corrected chi connectivity index (χ1v) is 7.80. The second-order valence-corrected chi connectivity index (χ2v) is 5.29. The molecule has 4 rings (SSSR count). The lowest BCUT2D eigenvalue weighted by molar-refractivity contribution is 0.102. The molecule has 0 atom stereocenters. The van der Waals surface area contributed by atoms with Gasteiger partial charge in [0.1, 0.15) is 17.2 Å². The van der Waals surface area contributed by atoms with Crippen molar-refractivity contribution in [2.45, 2.75) is 0 Å². The lowest BCUT2D eigenvalue weighted by Gasteiger charge is -2.08. The number of imidazole rings is 1. The highest BCUT2D eigenvalue weighted by atomic mass is 16.2. The first-order chi connectivity index (χ1) is 12.8. The van der Waals surface area contributed by atoms with E-state index < -0.39 is 0 Å². The molecule has 1 N–H and O–H groups in total. The van der Waals surface area contributed by atoms with Crippen LogP contribution < -0.4 is 5.32 Å². The van der Waals surface area contributed by atoms with Crippen LogP contribution in [0.1, 0.15) is 10.5 Å². The number of hydrogen-bond donors (Lipinski definition) is 1. The Bertz CT molecular complexity index is 1030. The maximum absolute atomic E-state index is 12.7. The van der Waals surface area contributed by atoms with E-state index in [-0.39, 0.29) is 5.91 Å². The van der Waals surface area contributed by atoms with E-state index >= 15 is 0 Å². The molecular formula is C18H13N7O. The molecule has 4 aromatic heterocycles. The van der Waals surface area contributed by atoms with Gasteiger partial charge in [0.25, 0.3) is 5.91 Å². The topological polar surface area (TPSA) is 98.5 Å². The van der Waals surface area contributed by atoms with Crippen LogP contribution in [0, 0.1) is 0 Å². The molecule has 0 bridgehead atoms. The van der Waals surface area contributed by atoms with Crippen molar-refractivity contribution < 1.29 is 4.79 Å². The van der Waals surface area contributed by atoms with Crippen molar-refractivity contribution in [3.63, 3.8) is 0 Å². The van der Waals surface area contributed by atoms with E-state index in [2.05, 4.69) is 30.2 Å². The van der Waals surface area contributed by atoms with Gasteiger partial charge < -0.3 is 5.32 Å². The second-order valence-electron chi connectivity index (χ2n) is 5.29. The molecule has 126 valence electrons. The number of hydrogen-bond acceptors (Lipinski definition) is 6. The summed E-state index contributed by atoms with van der Waals surface area (Å²) in [5, 5.41) is 2.77. The molecular weight excluding hydrogens is 330 g/mol. The molecule has 0 aliphatic heterocycles. The summed E-state index contributed by atoms with van der Waals surface area (Å²) in [6.45, 7) is 0. The van der Waals surface area contributed by atoms with Gasteiger partial charge in [0.15, 0.2) is 5.82 Å². The molecule has 8 heteroatoms. The van der Waals surface area contributed by atoms with Gasteiger partial charge in [0.2, 0.25) is 0 Å². The highest BCUT2D eigenvalue weighted by Gasteiger charge is 2.14. The summed E-state index contributed by atoms with van der Waals surface area (Å²) < 4.78 is 1.68. The minimum absolute atomic E-state index is 0.329. The fraction of sp³-hybridized carbons (Fsp3) is 0. The maximum atomic E-state index is 12.7. The van der Waals surface area contributed by atoms with E-state index in [1.165, 1.54) is 6.20 Å². The van der Waals surface area contributed by atoms with E-state index in [1.807, 2.05) is 12.1 Å². The highest BCUT2D eigenvalue weighted by molar-refractivity contribution is 6.02. The summed E-state index contributed by atoms with van der Waals surface area (Å²) in [4.78, 5) is 33.5. The number of rotatable bonds is 4. The summed E-state index contributed by atoms with van der Waals surface area (Å²) in [7, 11) is 0. The van der Waals surface area contributed by atoms with Gasteiger partial charge >= 0.3 is 0 Å². The Hall–Kier alpha value is -3.94. The molecule has 0 unspecified atom stereocenters. The van der Waals surface area contributed by atoms with Gasteiger partial charge in [-0.2, -0.15) is 0 Å². The lowest BCUT2D eigenvalue weighted by Crippen LogP contribution is -2.17. The van der Waals surface area contributed by atoms with E-state index in [9.17, 15) is 4.79 Å². The third-order valence-corrected chi connectivity index (χ3v) is 3.60. The van der Waals surface area contributed by atoms with Crippen molar-refractivity contribution in [2.24, 2.45) is 0 Å². The van der Waals surface area contributed by atoms with Crippen LogP contribution in [-0.4, -0.2) is 35.4 Å². The van der Waals surface area contributed by atoms with Crippen LogP contribution in [-0.2, 0) is 0 Å². The third kappa shape index (κ3) is 3.16. The summed E-state index contributed by atoms with van der Waals surface area (Å²) in [6.07, 6.45) is 9.62. The smallest absolute Gasteiger partial charge is 0.275 e. The summed E-state index contributed by atoms with van der Waals surface area (Å²) in [5.41, 5.74) is 1.80. The van der Waals surface area contributed by atoms with Crippen LogP contribution in [0.4, 0.5) is 5.82 Å². The third-order valence-electron chi connectivity index (χ3n) is 3.60. The molecule has 8 nitrogen and oxygen atoms in total. The van der Waals surface area contributed by atoms with Crippen molar-refractivity contribution in [2.75, 3.05) is 5.32 Å². The molecule has 4 aromatic rings. The number of amides is 1. The fourth-order valence-corrected chi connectivity index (χ4v) is 2.40. The van der Waals surface area contributed by atoms with Gasteiger partial charge in [-0.25, -0.2) is 15.0 Å². The first kappa shape index (κ1) is 15.6. The standard InChI is InChI=1S/C18H13N7O/c26-18(15-11-20-12-25(15)13-4-8-19-9-5-13)24-16-6-10-22-17(23-16)14-3-1-2-7-21-14/h1-12H,(H,22,23,24,26). The number of carbonyl (C=O) groups excluding carboxylic acids is 1. The first-order valence-electron chi connectivity index (χ1n) is 7.80. The Morgan fingerprint density at radius 3 is 2.62 bits per heavy atom. The predicted octanol–water partition coefficient (Wildman–Crippen LogP) is 2.37. The van der Waals surface area contributed by atoms with Crippen LogP contribution in [0.2, 0.25) is 0 Å². The minimum Gasteiger partial charge on any atom is -0.305 e. The molecule has 0 fully saturated rings. The largest absolute Gasteiger partial charge is 0.305 e. The summed E-state index contributed by atoms with van der Waals surface area (Å²) in [5.74, 6) is 0.490. The molecule has 0 aliphatic rings. The minimum atomic E-state index is -0.329. The van der Waals surface area contributed by atoms with Crippen LogP contribution >= 0.6 is 0 Å². The number of carbonyl (C=O) groups is 1. The Morgan fingerprint density at radius 2 is 1.81 bits per heavy atom. The monoisotopic (exact) mass is 343 g/mol. The van der Waals surface area contributed by atoms with Gasteiger partial charge in [-0.3, -0.25) is 19.3 Å². The molecule has 0 spiro atoms. The van der Waals surface area contributed by atoms with Gasteiger partial charge in [-0.05, 0) is 30.3 Å². The number of anilines is 1. The Kier molecular flexibility index (Phi) is 4.13. The molecule has 26 heavy (non-hydrogen) atoms. The van der Waals surface area contributed by atoms with Crippen LogP contribution in [0.3, 0.4) is 0 Å². The number of nitrogens with one attached hydrogen (secondary N) is 1. The Labute approximate surface area is 148 Å². The molecule has 1 amide bonds. The molecule has 4 heterocycles. The fourth-order valence-electron chi connectivity index (χ4n) is 2.40. The summed E-state index contributed by atoms with van der Waals surface area (Å²) >= 11 is 0. The number of pyridine rings is 2. The van der Waals surface area contributed by atoms with Crippen LogP contribution in [0.5, 0.6) is 0 Å². The van der Waals surface area contributed by atoms with Crippen molar-refractivity contribution in [1.29, 1.82) is 0 Å². The van der Waals surface area contributed by atoms with Crippen molar-refractivity contribution in [1.82, 2.24) is 29.5 Å². The summed E-state index contributed by atoms with van der Waals surface area (Å²) in [6, 6.07) is 10.7. The molecule has 0 saturated heterocycles. The molecule has 0 radical (unpaired) electrons. The van der Waals surface area contributed by atoms with Gasteiger partial charge in [-0.1, -0.05) is 6.07 Å². The van der Waals surface area contributed by atoms with Crippen LogP contribution in [0.15, 0.2) is 73.7 Å². The second kappa shape index (κ2) is 6.89. The molecule has 0 saturated carbocycles. The SMILES string of the molecule is O=C(Nc1ccnc(-c2ccccn2)n1)c1cncn1-c1ccncc1. The average molecular weight is 343 g/mol. The zero-order chi connectivity index (χ0) is 17.8. The molecule has 0 aromatic carbocycles. The van der Waals surface area contributed by atoms with E-state index in [0.717, 1.165) is 5.69 Å². The molecule has 0 aliphatic carbocycles. The highest BCUT2D eigenvalue weighted by Crippen LogP contribution is 2.15. The van der Waals surface area contributed by atoms with E-state index in [1.54, 1.807) is 59.9 Å². The zero-order valence-corrected chi connectivity index (χ0v) is 13.5. The maximum Gasteiger partial charge on any atom is 0.275 e.